The van der Waals surface area contributed by atoms with Crippen molar-refractivity contribution in [2.75, 3.05) is 6.54 Å². The lowest BCUT2D eigenvalue weighted by atomic mass is 10.1. The fourth-order valence-electron chi connectivity index (χ4n) is 2.08. The van der Waals surface area contributed by atoms with E-state index in [0.29, 0.717) is 13.1 Å². The molecule has 0 saturated heterocycles. The minimum atomic E-state index is 0.104. The molecule has 1 amide bonds. The molecule has 2 nitrogen and oxygen atoms in total. The molecule has 0 unspecified atom stereocenters. The molecule has 0 aliphatic heterocycles. The van der Waals surface area contributed by atoms with Crippen LogP contribution in [0.15, 0.2) is 34.1 Å². The monoisotopic (exact) mass is 351 g/mol. The molecule has 0 aliphatic carbocycles. The molecule has 0 radical (unpaired) electrons. The van der Waals surface area contributed by atoms with Gasteiger partial charge in [-0.05, 0) is 53.9 Å². The molecule has 0 bridgehead atoms. The van der Waals surface area contributed by atoms with Crippen molar-refractivity contribution in [2.24, 2.45) is 0 Å². The van der Waals surface area contributed by atoms with E-state index in [-0.39, 0.29) is 5.91 Å². The molecule has 0 fully saturated rings. The molecular weight excluding hydrogens is 334 g/mol. The summed E-state index contributed by atoms with van der Waals surface area (Å²) in [6, 6.07) is 10.3. The first-order valence-electron chi connectivity index (χ1n) is 6.62. The van der Waals surface area contributed by atoms with Crippen LogP contribution in [0.3, 0.4) is 0 Å². The first kappa shape index (κ1) is 15.3. The normalized spacial score (nSPS) is 10.6. The van der Waals surface area contributed by atoms with Gasteiger partial charge in [-0.2, -0.15) is 0 Å². The van der Waals surface area contributed by atoms with E-state index in [9.17, 15) is 4.79 Å². The van der Waals surface area contributed by atoms with Gasteiger partial charge < -0.3 is 4.90 Å². The molecule has 4 heteroatoms. The zero-order valence-corrected chi connectivity index (χ0v) is 14.3. The van der Waals surface area contributed by atoms with Crippen molar-refractivity contribution < 1.29 is 4.79 Å². The van der Waals surface area contributed by atoms with Gasteiger partial charge in [-0.1, -0.05) is 29.8 Å². The third-order valence-electron chi connectivity index (χ3n) is 3.19. The number of hydrogen-bond donors (Lipinski definition) is 0. The number of nitrogens with zero attached hydrogens (tertiary/aromatic N) is 1. The van der Waals surface area contributed by atoms with Gasteiger partial charge in [0.15, 0.2) is 0 Å². The van der Waals surface area contributed by atoms with Crippen LogP contribution in [0.4, 0.5) is 0 Å². The molecule has 0 aliphatic rings. The van der Waals surface area contributed by atoms with E-state index in [0.717, 1.165) is 14.2 Å². The van der Waals surface area contributed by atoms with Gasteiger partial charge >= 0.3 is 0 Å². The number of carbonyl (C=O) groups excluding carboxylic acids is 1. The molecule has 1 heterocycles. The molecule has 0 saturated carbocycles. The third-order valence-corrected chi connectivity index (χ3v) is 5.32. The molecule has 2 aromatic rings. The van der Waals surface area contributed by atoms with E-state index in [2.05, 4.69) is 41.1 Å². The van der Waals surface area contributed by atoms with E-state index >= 15 is 0 Å². The van der Waals surface area contributed by atoms with Gasteiger partial charge in [-0.25, -0.2) is 0 Å². The number of thiophene rings is 1. The quantitative estimate of drug-likeness (QED) is 0.775. The summed E-state index contributed by atoms with van der Waals surface area (Å²) in [6.45, 7) is 7.46. The minimum Gasteiger partial charge on any atom is -0.334 e. The maximum atomic E-state index is 12.5. The second kappa shape index (κ2) is 6.55. The Balaban J connectivity index is 2.17. The van der Waals surface area contributed by atoms with Crippen molar-refractivity contribution in [2.45, 2.75) is 27.3 Å². The Morgan fingerprint density at radius 1 is 1.30 bits per heavy atom. The Morgan fingerprint density at radius 2 is 2.05 bits per heavy atom. The summed E-state index contributed by atoms with van der Waals surface area (Å²) >= 11 is 4.98. The van der Waals surface area contributed by atoms with E-state index in [1.807, 2.05) is 30.9 Å². The number of aryl methyl sites for hydroxylation is 2. The highest BCUT2D eigenvalue weighted by Crippen LogP contribution is 2.28. The van der Waals surface area contributed by atoms with Gasteiger partial charge in [0.05, 0.1) is 8.66 Å². The molecule has 1 aromatic carbocycles. The summed E-state index contributed by atoms with van der Waals surface area (Å²) in [6.07, 6.45) is 0. The van der Waals surface area contributed by atoms with Crippen molar-refractivity contribution in [3.8, 4) is 0 Å². The van der Waals surface area contributed by atoms with Crippen molar-refractivity contribution in [1.29, 1.82) is 0 Å². The number of hydrogen-bond acceptors (Lipinski definition) is 2. The first-order valence-corrected chi connectivity index (χ1v) is 8.23. The lowest BCUT2D eigenvalue weighted by Gasteiger charge is -2.20. The Labute approximate surface area is 132 Å². The maximum Gasteiger partial charge on any atom is 0.264 e. The Bertz CT molecular complexity index is 601. The highest BCUT2D eigenvalue weighted by Gasteiger charge is 2.17. The molecule has 0 spiro atoms. The Kier molecular flexibility index (Phi) is 5.00. The highest BCUT2D eigenvalue weighted by atomic mass is 79.9. The smallest absolute Gasteiger partial charge is 0.264 e. The number of amides is 1. The first-order chi connectivity index (χ1) is 9.51. The van der Waals surface area contributed by atoms with Crippen molar-refractivity contribution >= 4 is 33.2 Å². The summed E-state index contributed by atoms with van der Waals surface area (Å²) in [4.78, 5) is 15.2. The number of rotatable bonds is 4. The Morgan fingerprint density at radius 3 is 2.60 bits per heavy atom. The van der Waals surface area contributed by atoms with Crippen LogP contribution in [-0.2, 0) is 6.54 Å². The van der Waals surface area contributed by atoms with Gasteiger partial charge in [0.2, 0.25) is 0 Å². The summed E-state index contributed by atoms with van der Waals surface area (Å²) in [5.41, 5.74) is 3.51. The fourth-order valence-corrected chi connectivity index (χ4v) is 3.58. The van der Waals surface area contributed by atoms with E-state index in [1.165, 1.54) is 22.5 Å². The standard InChI is InChI=1S/C16H18BrNOS/c1-4-18(10-13-7-5-6-11(2)8-13)16(19)14-9-12(3)15(17)20-14/h5-9H,4,10H2,1-3H3. The molecule has 0 N–H and O–H groups in total. The molecule has 20 heavy (non-hydrogen) atoms. The fraction of sp³-hybridized carbons (Fsp3) is 0.312. The number of benzene rings is 1. The zero-order chi connectivity index (χ0) is 14.7. The lowest BCUT2D eigenvalue weighted by molar-refractivity contribution is 0.0757. The molecular formula is C16H18BrNOS. The summed E-state index contributed by atoms with van der Waals surface area (Å²) in [5, 5.41) is 0. The maximum absolute atomic E-state index is 12.5. The summed E-state index contributed by atoms with van der Waals surface area (Å²) in [7, 11) is 0. The van der Waals surface area contributed by atoms with Crippen LogP contribution in [-0.4, -0.2) is 17.4 Å². The number of halogens is 1. The van der Waals surface area contributed by atoms with E-state index in [1.54, 1.807) is 0 Å². The predicted molar refractivity (Wildman–Crippen MR) is 88.3 cm³/mol. The van der Waals surface area contributed by atoms with Crippen molar-refractivity contribution in [1.82, 2.24) is 4.90 Å². The van der Waals surface area contributed by atoms with Crippen molar-refractivity contribution in [3.63, 3.8) is 0 Å². The van der Waals surface area contributed by atoms with Gasteiger partial charge in [0.1, 0.15) is 0 Å². The van der Waals surface area contributed by atoms with Gasteiger partial charge in [-0.15, -0.1) is 11.3 Å². The van der Waals surface area contributed by atoms with E-state index in [4.69, 9.17) is 0 Å². The number of carbonyl (C=O) groups is 1. The molecule has 1 aromatic heterocycles. The topological polar surface area (TPSA) is 20.3 Å². The predicted octanol–water partition coefficient (Wildman–Crippen LogP) is 4.79. The van der Waals surface area contributed by atoms with Gasteiger partial charge in [0, 0.05) is 13.1 Å². The summed E-state index contributed by atoms with van der Waals surface area (Å²) < 4.78 is 1.03. The molecule has 106 valence electrons. The van der Waals surface area contributed by atoms with Crippen LogP contribution in [0, 0.1) is 13.8 Å². The Hall–Kier alpha value is -1.13. The lowest BCUT2D eigenvalue weighted by Crippen LogP contribution is -2.29. The van der Waals surface area contributed by atoms with Crippen molar-refractivity contribution in [3.05, 3.63) is 55.7 Å². The SMILES string of the molecule is CCN(Cc1cccc(C)c1)C(=O)c1cc(C)c(Br)s1. The van der Waals surface area contributed by atoms with Crippen LogP contribution in [0.1, 0.15) is 33.3 Å². The second-order valence-electron chi connectivity index (χ2n) is 4.88. The zero-order valence-electron chi connectivity index (χ0n) is 11.9. The van der Waals surface area contributed by atoms with E-state index < -0.39 is 0 Å². The molecule has 2 rings (SSSR count). The van der Waals surface area contributed by atoms with Crippen LogP contribution >= 0.6 is 27.3 Å². The van der Waals surface area contributed by atoms with Crippen LogP contribution in [0.2, 0.25) is 0 Å². The van der Waals surface area contributed by atoms with Crippen LogP contribution in [0.25, 0.3) is 0 Å². The molecule has 0 atom stereocenters. The minimum absolute atomic E-state index is 0.104. The average molecular weight is 352 g/mol. The summed E-state index contributed by atoms with van der Waals surface area (Å²) in [5.74, 6) is 0.104. The average Bonchev–Trinajstić information content (AvgIpc) is 2.75. The van der Waals surface area contributed by atoms with Crippen LogP contribution < -0.4 is 0 Å². The van der Waals surface area contributed by atoms with Gasteiger partial charge in [-0.3, -0.25) is 4.79 Å². The highest BCUT2D eigenvalue weighted by molar-refractivity contribution is 9.11. The second-order valence-corrected chi connectivity index (χ2v) is 7.25. The van der Waals surface area contributed by atoms with Gasteiger partial charge in [0.25, 0.3) is 5.91 Å². The van der Waals surface area contributed by atoms with Crippen LogP contribution in [0.5, 0.6) is 0 Å². The largest absolute Gasteiger partial charge is 0.334 e. The third kappa shape index (κ3) is 3.49.